The Morgan fingerprint density at radius 1 is 0.833 bits per heavy atom. The van der Waals surface area contributed by atoms with E-state index in [1.807, 2.05) is 18.2 Å². The average Bonchev–Trinajstić information content (AvgIpc) is 3.43. The lowest BCUT2D eigenvalue weighted by Crippen LogP contribution is -2.49. The third-order valence-corrected chi connectivity index (χ3v) is 7.88. The number of nitrogens with one attached hydrogen (secondary N) is 1. The summed E-state index contributed by atoms with van der Waals surface area (Å²) in [6.07, 6.45) is 7.15. The lowest BCUT2D eigenvalue weighted by Gasteiger charge is -2.41. The second-order valence-electron chi connectivity index (χ2n) is 10.1. The molecule has 2 aliphatic rings. The molecule has 1 saturated carbocycles. The van der Waals surface area contributed by atoms with E-state index in [1.165, 1.54) is 51.9 Å². The predicted molar refractivity (Wildman–Crippen MR) is 145 cm³/mol. The number of methoxy groups -OCH3 is 2. The standard InChI is InChI=1S/C29H39N5O2/c1-32-17-19-33(20-18-32)24-11-13-25(14-12-24)34-16-15-27(31-34)22-7-9-23(10-8-22)30-21-26-28(35-2)5-4-6-29(26)36-3/h4-10,15-16,24-25,30H,11-14,17-21H2,1-3H3/t24-,25+. The van der Waals surface area contributed by atoms with Crippen molar-refractivity contribution < 1.29 is 9.47 Å². The number of anilines is 1. The molecule has 1 N–H and O–H groups in total. The highest BCUT2D eigenvalue weighted by Crippen LogP contribution is 2.33. The van der Waals surface area contributed by atoms with Gasteiger partial charge in [-0.05, 0) is 63.1 Å². The van der Waals surface area contributed by atoms with Crippen molar-refractivity contribution in [3.63, 3.8) is 0 Å². The zero-order valence-corrected chi connectivity index (χ0v) is 21.8. The van der Waals surface area contributed by atoms with Crippen LogP contribution >= 0.6 is 0 Å². The van der Waals surface area contributed by atoms with E-state index in [-0.39, 0.29) is 0 Å². The Balaban J connectivity index is 1.16. The molecular formula is C29H39N5O2. The summed E-state index contributed by atoms with van der Waals surface area (Å²) < 4.78 is 13.2. The summed E-state index contributed by atoms with van der Waals surface area (Å²) in [4.78, 5) is 5.15. The van der Waals surface area contributed by atoms with Gasteiger partial charge >= 0.3 is 0 Å². The lowest BCUT2D eigenvalue weighted by molar-refractivity contribution is 0.0811. The predicted octanol–water partition coefficient (Wildman–Crippen LogP) is 4.91. The minimum Gasteiger partial charge on any atom is -0.496 e. The van der Waals surface area contributed by atoms with Gasteiger partial charge in [0.15, 0.2) is 0 Å². The number of nitrogens with zero attached hydrogens (tertiary/aromatic N) is 4. The van der Waals surface area contributed by atoms with Crippen molar-refractivity contribution >= 4 is 5.69 Å². The van der Waals surface area contributed by atoms with Crippen molar-refractivity contribution in [1.82, 2.24) is 19.6 Å². The maximum absolute atomic E-state index is 5.51. The highest BCUT2D eigenvalue weighted by Gasteiger charge is 2.28. The van der Waals surface area contributed by atoms with Gasteiger partial charge in [-0.2, -0.15) is 5.10 Å². The van der Waals surface area contributed by atoms with Crippen LogP contribution in [0.1, 0.15) is 37.3 Å². The first kappa shape index (κ1) is 24.7. The molecule has 192 valence electrons. The van der Waals surface area contributed by atoms with Gasteiger partial charge < -0.3 is 19.7 Å². The van der Waals surface area contributed by atoms with Crippen molar-refractivity contribution in [3.05, 3.63) is 60.3 Å². The first-order chi connectivity index (χ1) is 17.6. The molecule has 1 aliphatic heterocycles. The Labute approximate surface area is 215 Å². The Morgan fingerprint density at radius 3 is 2.11 bits per heavy atom. The molecule has 2 fully saturated rings. The molecule has 3 aromatic rings. The van der Waals surface area contributed by atoms with Crippen LogP contribution in [0.5, 0.6) is 11.5 Å². The zero-order chi connectivity index (χ0) is 24.9. The Kier molecular flexibility index (Phi) is 7.78. The summed E-state index contributed by atoms with van der Waals surface area (Å²) in [5.41, 5.74) is 4.23. The van der Waals surface area contributed by atoms with Crippen molar-refractivity contribution in [2.75, 3.05) is 52.8 Å². The van der Waals surface area contributed by atoms with Crippen LogP contribution in [0, 0.1) is 0 Å². The second-order valence-corrected chi connectivity index (χ2v) is 10.1. The van der Waals surface area contributed by atoms with Crippen LogP contribution in [0.2, 0.25) is 0 Å². The van der Waals surface area contributed by atoms with Gasteiger partial charge in [-0.25, -0.2) is 0 Å². The quantitative estimate of drug-likeness (QED) is 0.485. The second kappa shape index (κ2) is 11.4. The van der Waals surface area contributed by atoms with E-state index in [0.717, 1.165) is 40.0 Å². The SMILES string of the molecule is COc1cccc(OC)c1CNc1ccc(-c2ccn([C@H]3CC[C@@H](N4CCN(C)CC4)CC3)n2)cc1. The fourth-order valence-corrected chi connectivity index (χ4v) is 5.62. The minimum atomic E-state index is 0.513. The van der Waals surface area contributed by atoms with E-state index < -0.39 is 0 Å². The molecule has 5 rings (SSSR count). The van der Waals surface area contributed by atoms with Gasteiger partial charge in [0.2, 0.25) is 0 Å². The van der Waals surface area contributed by atoms with Crippen LogP contribution in [0.3, 0.4) is 0 Å². The summed E-state index contributed by atoms with van der Waals surface area (Å²) in [6, 6.07) is 17.8. The summed E-state index contributed by atoms with van der Waals surface area (Å²) in [6.45, 7) is 5.46. The zero-order valence-electron chi connectivity index (χ0n) is 21.8. The maximum atomic E-state index is 5.51. The van der Waals surface area contributed by atoms with E-state index in [2.05, 4.69) is 63.4 Å². The number of likely N-dealkylation sites (N-methyl/N-ethyl adjacent to an activating group) is 1. The van der Waals surface area contributed by atoms with Crippen molar-refractivity contribution in [2.24, 2.45) is 0 Å². The van der Waals surface area contributed by atoms with Crippen LogP contribution < -0.4 is 14.8 Å². The molecule has 0 unspecified atom stereocenters. The molecule has 2 aromatic carbocycles. The monoisotopic (exact) mass is 489 g/mol. The molecule has 1 aliphatic carbocycles. The normalized spacial score (nSPS) is 21.3. The van der Waals surface area contributed by atoms with Crippen molar-refractivity contribution in [3.8, 4) is 22.8 Å². The summed E-state index contributed by atoms with van der Waals surface area (Å²) in [5.74, 6) is 1.64. The van der Waals surface area contributed by atoms with Gasteiger partial charge in [-0.3, -0.25) is 9.58 Å². The van der Waals surface area contributed by atoms with E-state index in [4.69, 9.17) is 14.6 Å². The molecule has 2 heterocycles. The number of rotatable bonds is 8. The molecule has 0 atom stereocenters. The smallest absolute Gasteiger partial charge is 0.127 e. The van der Waals surface area contributed by atoms with Gasteiger partial charge in [-0.15, -0.1) is 0 Å². The fourth-order valence-electron chi connectivity index (χ4n) is 5.62. The minimum absolute atomic E-state index is 0.513. The molecule has 0 bridgehead atoms. The largest absolute Gasteiger partial charge is 0.496 e. The van der Waals surface area contributed by atoms with Crippen LogP contribution in [0.4, 0.5) is 5.69 Å². The topological polar surface area (TPSA) is 54.8 Å². The number of hydrogen-bond acceptors (Lipinski definition) is 6. The maximum Gasteiger partial charge on any atom is 0.127 e. The number of hydrogen-bond donors (Lipinski definition) is 1. The lowest BCUT2D eigenvalue weighted by atomic mass is 9.90. The molecule has 1 saturated heterocycles. The van der Waals surface area contributed by atoms with E-state index in [0.29, 0.717) is 12.6 Å². The summed E-state index contributed by atoms with van der Waals surface area (Å²) in [7, 11) is 5.60. The molecule has 7 heteroatoms. The van der Waals surface area contributed by atoms with Crippen molar-refractivity contribution in [1.29, 1.82) is 0 Å². The van der Waals surface area contributed by atoms with Crippen molar-refractivity contribution in [2.45, 2.75) is 44.3 Å². The first-order valence-corrected chi connectivity index (χ1v) is 13.2. The van der Waals surface area contributed by atoms with Gasteiger partial charge in [0.1, 0.15) is 11.5 Å². The fraction of sp³-hybridized carbons (Fsp3) is 0.483. The molecule has 0 spiro atoms. The molecule has 7 nitrogen and oxygen atoms in total. The van der Waals surface area contributed by atoms with E-state index >= 15 is 0 Å². The molecule has 36 heavy (non-hydrogen) atoms. The van der Waals surface area contributed by atoms with Crippen LogP contribution in [-0.4, -0.2) is 73.1 Å². The number of aromatic nitrogens is 2. The third-order valence-electron chi connectivity index (χ3n) is 7.88. The summed E-state index contributed by atoms with van der Waals surface area (Å²) in [5, 5.41) is 8.45. The number of ether oxygens (including phenoxy) is 2. The highest BCUT2D eigenvalue weighted by atomic mass is 16.5. The number of benzene rings is 2. The molecule has 1 aromatic heterocycles. The molecule has 0 radical (unpaired) electrons. The molecular weight excluding hydrogens is 450 g/mol. The molecule has 0 amide bonds. The third kappa shape index (κ3) is 5.52. The van der Waals surface area contributed by atoms with E-state index in [9.17, 15) is 0 Å². The van der Waals surface area contributed by atoms with E-state index in [1.54, 1.807) is 14.2 Å². The average molecular weight is 490 g/mol. The van der Waals surface area contributed by atoms with Crippen LogP contribution in [0.25, 0.3) is 11.3 Å². The summed E-state index contributed by atoms with van der Waals surface area (Å²) >= 11 is 0. The van der Waals surface area contributed by atoms with Gasteiger partial charge in [0.25, 0.3) is 0 Å². The Bertz CT molecular complexity index is 1090. The van der Waals surface area contributed by atoms with Crippen LogP contribution in [0.15, 0.2) is 54.7 Å². The van der Waals surface area contributed by atoms with Gasteiger partial charge in [-0.1, -0.05) is 18.2 Å². The number of piperazine rings is 1. The Hall–Kier alpha value is -3.03. The Morgan fingerprint density at radius 2 is 1.47 bits per heavy atom. The first-order valence-electron chi connectivity index (χ1n) is 13.2. The van der Waals surface area contributed by atoms with Crippen LogP contribution in [-0.2, 0) is 6.54 Å². The van der Waals surface area contributed by atoms with Gasteiger partial charge in [0.05, 0.1) is 31.5 Å². The highest BCUT2D eigenvalue weighted by molar-refractivity contribution is 5.62. The van der Waals surface area contributed by atoms with Gasteiger partial charge in [0, 0.05) is 56.2 Å².